The van der Waals surface area contributed by atoms with Crippen LogP contribution in [0.2, 0.25) is 0 Å². The molecule has 1 fully saturated rings. The Morgan fingerprint density at radius 1 is 1.17 bits per heavy atom. The summed E-state index contributed by atoms with van der Waals surface area (Å²) in [5.41, 5.74) is 2.72. The van der Waals surface area contributed by atoms with Gasteiger partial charge in [0.1, 0.15) is 5.82 Å². The van der Waals surface area contributed by atoms with Gasteiger partial charge in [-0.3, -0.25) is 9.69 Å². The average Bonchev–Trinajstić information content (AvgIpc) is 2.87. The van der Waals surface area contributed by atoms with Gasteiger partial charge in [0.2, 0.25) is 5.91 Å². The molecule has 6 nitrogen and oxygen atoms in total. The zero-order valence-corrected chi connectivity index (χ0v) is 17.7. The van der Waals surface area contributed by atoms with Gasteiger partial charge in [0.25, 0.3) is 0 Å². The molecular formula is C22H23N3O3S. The van der Waals surface area contributed by atoms with E-state index in [1.165, 1.54) is 6.26 Å². The van der Waals surface area contributed by atoms with Gasteiger partial charge in [-0.25, -0.2) is 18.4 Å². The fourth-order valence-electron chi connectivity index (χ4n) is 3.99. The molecule has 29 heavy (non-hydrogen) atoms. The van der Waals surface area contributed by atoms with Crippen LogP contribution in [-0.2, 0) is 14.6 Å². The number of allylic oxidation sites excluding steroid dienone is 4. The number of benzene rings is 1. The van der Waals surface area contributed by atoms with Crippen LogP contribution >= 0.6 is 0 Å². The maximum atomic E-state index is 13.3. The van der Waals surface area contributed by atoms with E-state index in [4.69, 9.17) is 0 Å². The number of rotatable bonds is 3. The minimum absolute atomic E-state index is 0.0204. The number of carbonyl (C=O) groups is 1. The predicted molar refractivity (Wildman–Crippen MR) is 112 cm³/mol. The zero-order chi connectivity index (χ0) is 21.0. The van der Waals surface area contributed by atoms with Gasteiger partial charge in [0.05, 0.1) is 10.3 Å². The molecule has 0 N–H and O–H groups in total. The predicted octanol–water partition coefficient (Wildman–Crippen LogP) is 3.55. The lowest BCUT2D eigenvalue weighted by atomic mass is 9.75. The Balaban J connectivity index is 1.82. The number of carbonyl (C=O) groups excluding carboxylic acids is 1. The first-order valence-corrected chi connectivity index (χ1v) is 11.3. The first-order valence-electron chi connectivity index (χ1n) is 9.44. The topological polar surface area (TPSA) is 80.2 Å². The van der Waals surface area contributed by atoms with Gasteiger partial charge in [-0.15, -0.1) is 0 Å². The maximum absolute atomic E-state index is 13.3. The third-order valence-electron chi connectivity index (χ3n) is 5.74. The van der Waals surface area contributed by atoms with Gasteiger partial charge in [-0.1, -0.05) is 26.0 Å². The number of hydrogen-bond donors (Lipinski definition) is 0. The summed E-state index contributed by atoms with van der Waals surface area (Å²) in [6, 6.07) is 6.57. The van der Waals surface area contributed by atoms with Crippen molar-refractivity contribution in [1.29, 1.82) is 0 Å². The molecule has 1 atom stereocenters. The highest BCUT2D eigenvalue weighted by molar-refractivity contribution is 7.90. The SMILES string of the molecule is Cc1ncc(C2=CCC3C(=C2)N(c2cccc(S(C)(=O)=O)c2)C(=O)C3(C)C)cn1. The van der Waals surface area contributed by atoms with Crippen molar-refractivity contribution >= 4 is 27.0 Å². The quantitative estimate of drug-likeness (QED) is 0.774. The summed E-state index contributed by atoms with van der Waals surface area (Å²) in [7, 11) is -3.37. The third kappa shape index (κ3) is 3.29. The number of nitrogens with zero attached hydrogens (tertiary/aromatic N) is 3. The Kier molecular flexibility index (Phi) is 4.46. The molecule has 7 heteroatoms. The summed E-state index contributed by atoms with van der Waals surface area (Å²) in [5.74, 6) is 0.688. The molecule has 0 saturated carbocycles. The fourth-order valence-corrected chi connectivity index (χ4v) is 4.65. The number of fused-ring (bicyclic) bond motifs is 1. The normalized spacial score (nSPS) is 20.9. The molecule has 1 aliphatic carbocycles. The van der Waals surface area contributed by atoms with Crippen molar-refractivity contribution in [1.82, 2.24) is 9.97 Å². The van der Waals surface area contributed by atoms with E-state index in [1.54, 1.807) is 41.6 Å². The number of aryl methyl sites for hydroxylation is 1. The molecule has 1 aliphatic heterocycles. The molecule has 150 valence electrons. The van der Waals surface area contributed by atoms with Crippen molar-refractivity contribution in [3.05, 3.63) is 65.9 Å². The summed E-state index contributed by atoms with van der Waals surface area (Å²) in [6.07, 6.45) is 9.57. The van der Waals surface area contributed by atoms with Crippen molar-refractivity contribution < 1.29 is 13.2 Å². The summed E-state index contributed by atoms with van der Waals surface area (Å²) in [5, 5.41) is 0. The molecule has 0 spiro atoms. The molecule has 2 aliphatic rings. The fraction of sp³-hybridized carbons (Fsp3) is 0.318. The monoisotopic (exact) mass is 409 g/mol. The first kappa shape index (κ1) is 19.5. The van der Waals surface area contributed by atoms with Crippen LogP contribution in [0, 0.1) is 18.3 Å². The lowest BCUT2D eigenvalue weighted by molar-refractivity contribution is -0.125. The zero-order valence-electron chi connectivity index (χ0n) is 16.9. The Hall–Kier alpha value is -2.80. The average molecular weight is 410 g/mol. The second-order valence-electron chi connectivity index (χ2n) is 8.17. The van der Waals surface area contributed by atoms with Crippen LogP contribution in [0.5, 0.6) is 0 Å². The largest absolute Gasteiger partial charge is 0.284 e. The van der Waals surface area contributed by atoms with Crippen LogP contribution in [0.4, 0.5) is 5.69 Å². The van der Waals surface area contributed by atoms with Crippen molar-refractivity contribution in [2.75, 3.05) is 11.2 Å². The Morgan fingerprint density at radius 3 is 2.52 bits per heavy atom. The van der Waals surface area contributed by atoms with E-state index in [1.807, 2.05) is 26.8 Å². The van der Waals surface area contributed by atoms with Crippen molar-refractivity contribution in [3.63, 3.8) is 0 Å². The minimum Gasteiger partial charge on any atom is -0.284 e. The van der Waals surface area contributed by atoms with E-state index in [-0.39, 0.29) is 16.7 Å². The first-order chi connectivity index (χ1) is 13.6. The molecule has 1 aromatic carbocycles. The van der Waals surface area contributed by atoms with Gasteiger partial charge in [-0.2, -0.15) is 0 Å². The third-order valence-corrected chi connectivity index (χ3v) is 6.85. The molecule has 2 aromatic rings. The molecule has 2 heterocycles. The number of hydrogen-bond acceptors (Lipinski definition) is 5. The number of amides is 1. The molecular weight excluding hydrogens is 386 g/mol. The lowest BCUT2D eigenvalue weighted by Crippen LogP contribution is -2.31. The van der Waals surface area contributed by atoms with Gasteiger partial charge in [-0.05, 0) is 43.2 Å². The molecule has 0 radical (unpaired) electrons. The number of sulfone groups is 1. The van der Waals surface area contributed by atoms with E-state index >= 15 is 0 Å². The second-order valence-corrected chi connectivity index (χ2v) is 10.2. The Morgan fingerprint density at radius 2 is 1.86 bits per heavy atom. The van der Waals surface area contributed by atoms with Crippen LogP contribution in [-0.4, -0.2) is 30.5 Å². The van der Waals surface area contributed by atoms with Crippen LogP contribution in [0.25, 0.3) is 5.57 Å². The Labute approximate surface area is 170 Å². The van der Waals surface area contributed by atoms with E-state index in [0.29, 0.717) is 11.5 Å². The summed E-state index contributed by atoms with van der Waals surface area (Å²) in [4.78, 5) is 23.7. The van der Waals surface area contributed by atoms with E-state index in [2.05, 4.69) is 16.0 Å². The minimum atomic E-state index is -3.37. The van der Waals surface area contributed by atoms with Crippen LogP contribution in [0.1, 0.15) is 31.7 Å². The molecule has 0 bridgehead atoms. The molecule has 4 rings (SSSR count). The smallest absolute Gasteiger partial charge is 0.237 e. The van der Waals surface area contributed by atoms with E-state index < -0.39 is 15.3 Å². The van der Waals surface area contributed by atoms with Gasteiger partial charge in [0.15, 0.2) is 9.84 Å². The molecule has 1 aromatic heterocycles. The van der Waals surface area contributed by atoms with Crippen LogP contribution in [0.3, 0.4) is 0 Å². The summed E-state index contributed by atoms with van der Waals surface area (Å²) in [6.45, 7) is 5.73. The van der Waals surface area contributed by atoms with Gasteiger partial charge >= 0.3 is 0 Å². The Bertz CT molecular complexity index is 1160. The molecule has 1 saturated heterocycles. The van der Waals surface area contributed by atoms with Gasteiger partial charge in [0, 0.05) is 41.5 Å². The van der Waals surface area contributed by atoms with Crippen molar-refractivity contribution in [3.8, 4) is 0 Å². The molecule has 1 unspecified atom stereocenters. The maximum Gasteiger partial charge on any atom is 0.237 e. The van der Waals surface area contributed by atoms with Gasteiger partial charge < -0.3 is 0 Å². The van der Waals surface area contributed by atoms with Crippen molar-refractivity contribution in [2.45, 2.75) is 32.1 Å². The van der Waals surface area contributed by atoms with Crippen molar-refractivity contribution in [2.24, 2.45) is 11.3 Å². The highest BCUT2D eigenvalue weighted by atomic mass is 32.2. The summed E-state index contributed by atoms with van der Waals surface area (Å²) < 4.78 is 24.0. The van der Waals surface area contributed by atoms with E-state index in [9.17, 15) is 13.2 Å². The lowest BCUT2D eigenvalue weighted by Gasteiger charge is -2.26. The number of aromatic nitrogens is 2. The second kappa shape index (κ2) is 6.62. The van der Waals surface area contributed by atoms with E-state index in [0.717, 1.165) is 23.3 Å². The standard InChI is InChI=1S/C22H23N3O3S/c1-14-23-12-16(13-24-14)15-8-9-19-20(10-15)25(21(26)22(19,2)3)17-6-5-7-18(11-17)29(4,27)28/h5-8,10-13,19H,9H2,1-4H3. The highest BCUT2D eigenvalue weighted by Crippen LogP contribution is 2.50. The highest BCUT2D eigenvalue weighted by Gasteiger charge is 2.51. The summed E-state index contributed by atoms with van der Waals surface area (Å²) >= 11 is 0. The molecule has 1 amide bonds. The van der Waals surface area contributed by atoms with Crippen LogP contribution < -0.4 is 4.90 Å². The van der Waals surface area contributed by atoms with Crippen LogP contribution in [0.15, 0.2) is 59.4 Å². The number of anilines is 1.